The maximum Gasteiger partial charge on any atom is 0.237 e. The number of aryl methyl sites for hydroxylation is 2. The van der Waals surface area contributed by atoms with Crippen LogP contribution in [0.2, 0.25) is 0 Å². The molecule has 1 aromatic heterocycles. The molecule has 0 fully saturated rings. The Labute approximate surface area is 150 Å². The minimum Gasteiger partial charge on any atom is -0.325 e. The van der Waals surface area contributed by atoms with Crippen LogP contribution in [0.5, 0.6) is 0 Å². The van der Waals surface area contributed by atoms with Gasteiger partial charge < -0.3 is 5.32 Å². The SMILES string of the molecule is Cc1ccc(NC(=O)C(C)Sc2nnnn2-c2ccccc2)c(C)c1. The third kappa shape index (κ3) is 4.06. The van der Waals surface area contributed by atoms with Crippen LogP contribution in [0.25, 0.3) is 5.69 Å². The van der Waals surface area contributed by atoms with Crippen molar-refractivity contribution in [1.29, 1.82) is 0 Å². The van der Waals surface area contributed by atoms with Gasteiger partial charge in [0.25, 0.3) is 0 Å². The van der Waals surface area contributed by atoms with Gasteiger partial charge in [-0.1, -0.05) is 47.7 Å². The minimum atomic E-state index is -0.339. The summed E-state index contributed by atoms with van der Waals surface area (Å²) in [7, 11) is 0. The lowest BCUT2D eigenvalue weighted by Gasteiger charge is -2.13. The molecule has 7 heteroatoms. The molecule has 0 aliphatic carbocycles. The Balaban J connectivity index is 1.71. The molecule has 1 N–H and O–H groups in total. The van der Waals surface area contributed by atoms with E-state index in [1.165, 1.54) is 17.3 Å². The summed E-state index contributed by atoms with van der Waals surface area (Å²) in [6.07, 6.45) is 0. The molecule has 0 saturated heterocycles. The van der Waals surface area contributed by atoms with Gasteiger partial charge in [-0.15, -0.1) is 5.10 Å². The van der Waals surface area contributed by atoms with E-state index in [1.807, 2.05) is 69.3 Å². The number of carbonyl (C=O) groups is 1. The second kappa shape index (κ2) is 7.48. The first kappa shape index (κ1) is 17.2. The Morgan fingerprint density at radius 3 is 2.64 bits per heavy atom. The van der Waals surface area contributed by atoms with Gasteiger partial charge in [0.05, 0.1) is 10.9 Å². The van der Waals surface area contributed by atoms with E-state index in [-0.39, 0.29) is 11.2 Å². The fraction of sp³-hybridized carbons (Fsp3) is 0.222. The number of para-hydroxylation sites is 1. The Kier molecular flexibility index (Phi) is 5.14. The number of hydrogen-bond donors (Lipinski definition) is 1. The molecule has 6 nitrogen and oxygen atoms in total. The summed E-state index contributed by atoms with van der Waals surface area (Å²) < 4.78 is 1.63. The molecule has 128 valence electrons. The molecule has 1 heterocycles. The molecule has 2 aromatic carbocycles. The van der Waals surface area contributed by atoms with E-state index in [1.54, 1.807) is 4.68 Å². The van der Waals surface area contributed by atoms with Gasteiger partial charge in [-0.2, -0.15) is 4.68 Å². The molecule has 0 saturated carbocycles. The van der Waals surface area contributed by atoms with Crippen LogP contribution in [0, 0.1) is 13.8 Å². The summed E-state index contributed by atoms with van der Waals surface area (Å²) in [5.74, 6) is -0.0837. The van der Waals surface area contributed by atoms with Crippen molar-refractivity contribution >= 4 is 23.4 Å². The largest absolute Gasteiger partial charge is 0.325 e. The van der Waals surface area contributed by atoms with Crippen molar-refractivity contribution in [3.63, 3.8) is 0 Å². The molecule has 0 bridgehead atoms. The normalized spacial score (nSPS) is 12.0. The summed E-state index contributed by atoms with van der Waals surface area (Å²) in [6.45, 7) is 5.85. The zero-order valence-corrected chi connectivity index (χ0v) is 15.1. The Morgan fingerprint density at radius 1 is 1.16 bits per heavy atom. The molecule has 1 amide bonds. The fourth-order valence-corrected chi connectivity index (χ4v) is 3.19. The predicted molar refractivity (Wildman–Crippen MR) is 99.0 cm³/mol. The van der Waals surface area contributed by atoms with E-state index in [2.05, 4.69) is 20.8 Å². The zero-order valence-electron chi connectivity index (χ0n) is 14.3. The summed E-state index contributed by atoms with van der Waals surface area (Å²) >= 11 is 1.32. The topological polar surface area (TPSA) is 72.7 Å². The van der Waals surface area contributed by atoms with Crippen LogP contribution < -0.4 is 5.32 Å². The molecule has 1 unspecified atom stereocenters. The minimum absolute atomic E-state index is 0.0837. The number of anilines is 1. The summed E-state index contributed by atoms with van der Waals surface area (Å²) in [6, 6.07) is 15.6. The van der Waals surface area contributed by atoms with Crippen LogP contribution in [0.1, 0.15) is 18.1 Å². The van der Waals surface area contributed by atoms with E-state index in [0.29, 0.717) is 5.16 Å². The Bertz CT molecular complexity index is 878. The highest BCUT2D eigenvalue weighted by Crippen LogP contribution is 2.24. The molecule has 1 atom stereocenters. The summed E-state index contributed by atoms with van der Waals surface area (Å²) in [5.41, 5.74) is 3.89. The highest BCUT2D eigenvalue weighted by Gasteiger charge is 2.19. The van der Waals surface area contributed by atoms with Gasteiger partial charge in [0.15, 0.2) is 0 Å². The third-order valence-electron chi connectivity index (χ3n) is 3.73. The lowest BCUT2D eigenvalue weighted by molar-refractivity contribution is -0.115. The van der Waals surface area contributed by atoms with Crippen LogP contribution in [0.3, 0.4) is 0 Å². The first-order valence-electron chi connectivity index (χ1n) is 7.93. The molecule has 0 radical (unpaired) electrons. The van der Waals surface area contributed by atoms with Crippen molar-refractivity contribution in [2.24, 2.45) is 0 Å². The van der Waals surface area contributed by atoms with E-state index >= 15 is 0 Å². The van der Waals surface area contributed by atoms with Gasteiger partial charge in [-0.25, -0.2) is 0 Å². The number of aromatic nitrogens is 4. The van der Waals surface area contributed by atoms with Crippen molar-refractivity contribution < 1.29 is 4.79 Å². The highest BCUT2D eigenvalue weighted by molar-refractivity contribution is 8.00. The van der Waals surface area contributed by atoms with Gasteiger partial charge >= 0.3 is 0 Å². The molecule has 0 aliphatic rings. The number of tetrazole rings is 1. The first-order valence-corrected chi connectivity index (χ1v) is 8.81. The average Bonchev–Trinajstić information content (AvgIpc) is 3.06. The zero-order chi connectivity index (χ0) is 17.8. The second-order valence-electron chi connectivity index (χ2n) is 5.78. The van der Waals surface area contributed by atoms with Crippen molar-refractivity contribution in [2.75, 3.05) is 5.32 Å². The number of amides is 1. The van der Waals surface area contributed by atoms with Crippen molar-refractivity contribution in [3.8, 4) is 5.69 Å². The van der Waals surface area contributed by atoms with Gasteiger partial charge in [0.2, 0.25) is 11.1 Å². The smallest absolute Gasteiger partial charge is 0.237 e. The fourth-order valence-electron chi connectivity index (χ4n) is 2.38. The summed E-state index contributed by atoms with van der Waals surface area (Å²) in [5, 5.41) is 15.0. The number of nitrogens with one attached hydrogen (secondary N) is 1. The van der Waals surface area contributed by atoms with Crippen molar-refractivity contribution in [3.05, 3.63) is 59.7 Å². The van der Waals surface area contributed by atoms with Crippen LogP contribution in [-0.4, -0.2) is 31.4 Å². The molecule has 25 heavy (non-hydrogen) atoms. The van der Waals surface area contributed by atoms with E-state index < -0.39 is 0 Å². The van der Waals surface area contributed by atoms with Gasteiger partial charge in [-0.05, 0) is 55.0 Å². The summed E-state index contributed by atoms with van der Waals surface area (Å²) in [4.78, 5) is 12.5. The molecule has 3 aromatic rings. The molecule has 0 spiro atoms. The van der Waals surface area contributed by atoms with Crippen molar-refractivity contribution in [1.82, 2.24) is 20.2 Å². The van der Waals surface area contributed by atoms with Crippen LogP contribution in [0.15, 0.2) is 53.7 Å². The molecular weight excluding hydrogens is 334 g/mol. The van der Waals surface area contributed by atoms with Gasteiger partial charge in [0, 0.05) is 5.69 Å². The van der Waals surface area contributed by atoms with E-state index in [4.69, 9.17) is 0 Å². The van der Waals surface area contributed by atoms with Gasteiger partial charge in [-0.3, -0.25) is 4.79 Å². The second-order valence-corrected chi connectivity index (χ2v) is 7.08. The number of benzene rings is 2. The van der Waals surface area contributed by atoms with Crippen LogP contribution in [-0.2, 0) is 4.79 Å². The monoisotopic (exact) mass is 353 g/mol. The number of rotatable bonds is 5. The molecule has 0 aliphatic heterocycles. The molecule has 3 rings (SSSR count). The third-order valence-corrected chi connectivity index (χ3v) is 4.77. The van der Waals surface area contributed by atoms with Crippen LogP contribution >= 0.6 is 11.8 Å². The standard InChI is InChI=1S/C18H19N5OS/c1-12-9-10-16(13(2)11-12)19-17(24)14(3)25-18-20-21-22-23(18)15-7-5-4-6-8-15/h4-11,14H,1-3H3,(H,19,24). The number of hydrogen-bond acceptors (Lipinski definition) is 5. The lowest BCUT2D eigenvalue weighted by Crippen LogP contribution is -2.23. The maximum atomic E-state index is 12.5. The van der Waals surface area contributed by atoms with Crippen molar-refractivity contribution in [2.45, 2.75) is 31.2 Å². The average molecular weight is 353 g/mol. The number of carbonyl (C=O) groups excluding carboxylic acids is 1. The lowest BCUT2D eigenvalue weighted by atomic mass is 10.1. The quantitative estimate of drug-likeness (QED) is 0.712. The Hall–Kier alpha value is -2.67. The highest BCUT2D eigenvalue weighted by atomic mass is 32.2. The van der Waals surface area contributed by atoms with Crippen LogP contribution in [0.4, 0.5) is 5.69 Å². The number of thioether (sulfide) groups is 1. The van der Waals surface area contributed by atoms with E-state index in [0.717, 1.165) is 16.9 Å². The maximum absolute atomic E-state index is 12.5. The first-order chi connectivity index (χ1) is 12.0. The predicted octanol–water partition coefficient (Wildman–Crippen LogP) is 3.40. The Morgan fingerprint density at radius 2 is 1.92 bits per heavy atom. The number of nitrogens with zero attached hydrogens (tertiary/aromatic N) is 4. The van der Waals surface area contributed by atoms with E-state index in [9.17, 15) is 4.79 Å². The van der Waals surface area contributed by atoms with Gasteiger partial charge in [0.1, 0.15) is 0 Å². The molecular formula is C18H19N5OS.